The van der Waals surface area contributed by atoms with Gasteiger partial charge in [0, 0.05) is 12.6 Å². The summed E-state index contributed by atoms with van der Waals surface area (Å²) in [5, 5.41) is 12.2. The van der Waals surface area contributed by atoms with Gasteiger partial charge in [-0.1, -0.05) is 24.3 Å². The predicted molar refractivity (Wildman–Crippen MR) is 70.9 cm³/mol. The van der Waals surface area contributed by atoms with Gasteiger partial charge in [-0.25, -0.2) is 9.59 Å². The number of rotatable bonds is 2. The van der Waals surface area contributed by atoms with Gasteiger partial charge in [0.05, 0.1) is 0 Å². The Morgan fingerprint density at radius 3 is 2.68 bits per heavy atom. The lowest BCUT2D eigenvalue weighted by atomic mass is 9.93. The van der Waals surface area contributed by atoms with Crippen LogP contribution in [0.1, 0.15) is 31.0 Å². The minimum Gasteiger partial charge on any atom is -0.479 e. The SMILES string of the molecule is CC(C)NC(=O)N1CCc2ccccc2C1C(=O)O. The number of carbonyl (C=O) groups is 2. The van der Waals surface area contributed by atoms with E-state index in [0.717, 1.165) is 5.56 Å². The average molecular weight is 262 g/mol. The third-order valence-corrected chi connectivity index (χ3v) is 3.19. The number of urea groups is 1. The Hall–Kier alpha value is -2.04. The van der Waals surface area contributed by atoms with E-state index in [-0.39, 0.29) is 12.1 Å². The molecule has 1 aliphatic heterocycles. The first-order chi connectivity index (χ1) is 9.00. The summed E-state index contributed by atoms with van der Waals surface area (Å²) in [6.07, 6.45) is 0.686. The summed E-state index contributed by atoms with van der Waals surface area (Å²) in [7, 11) is 0. The van der Waals surface area contributed by atoms with E-state index in [4.69, 9.17) is 0 Å². The Bertz CT molecular complexity index is 499. The van der Waals surface area contributed by atoms with Crippen LogP contribution < -0.4 is 5.32 Å². The monoisotopic (exact) mass is 262 g/mol. The van der Waals surface area contributed by atoms with Crippen LogP contribution in [-0.2, 0) is 11.2 Å². The topological polar surface area (TPSA) is 69.6 Å². The quantitative estimate of drug-likeness (QED) is 0.853. The third kappa shape index (κ3) is 2.70. The summed E-state index contributed by atoms with van der Waals surface area (Å²) in [5.74, 6) is -0.994. The number of nitrogens with one attached hydrogen (secondary N) is 1. The minimum absolute atomic E-state index is 0.0147. The molecule has 19 heavy (non-hydrogen) atoms. The van der Waals surface area contributed by atoms with E-state index in [1.807, 2.05) is 26.0 Å². The summed E-state index contributed by atoms with van der Waals surface area (Å²) in [5.41, 5.74) is 1.71. The zero-order valence-corrected chi connectivity index (χ0v) is 11.1. The van der Waals surface area contributed by atoms with Gasteiger partial charge >= 0.3 is 12.0 Å². The summed E-state index contributed by atoms with van der Waals surface area (Å²) in [6, 6.07) is 6.16. The molecule has 2 rings (SSSR count). The number of hydrogen-bond donors (Lipinski definition) is 2. The van der Waals surface area contributed by atoms with Crippen LogP contribution in [0.5, 0.6) is 0 Å². The third-order valence-electron chi connectivity index (χ3n) is 3.19. The average Bonchev–Trinajstić information content (AvgIpc) is 2.36. The molecule has 0 aliphatic carbocycles. The van der Waals surface area contributed by atoms with Crippen LogP contribution in [0.15, 0.2) is 24.3 Å². The number of carbonyl (C=O) groups excluding carboxylic acids is 1. The fraction of sp³-hybridized carbons (Fsp3) is 0.429. The second kappa shape index (κ2) is 5.30. The van der Waals surface area contributed by atoms with Gasteiger partial charge in [-0.2, -0.15) is 0 Å². The van der Waals surface area contributed by atoms with E-state index in [9.17, 15) is 14.7 Å². The molecule has 2 N–H and O–H groups in total. The second-order valence-electron chi connectivity index (χ2n) is 4.99. The molecule has 0 radical (unpaired) electrons. The normalized spacial score (nSPS) is 18.1. The van der Waals surface area contributed by atoms with E-state index in [0.29, 0.717) is 18.5 Å². The van der Waals surface area contributed by atoms with Crippen LogP contribution in [0.2, 0.25) is 0 Å². The van der Waals surface area contributed by atoms with Gasteiger partial charge < -0.3 is 15.3 Å². The molecule has 0 fully saturated rings. The fourth-order valence-corrected chi connectivity index (χ4v) is 2.38. The minimum atomic E-state index is -0.994. The van der Waals surface area contributed by atoms with Crippen LogP contribution in [-0.4, -0.2) is 34.6 Å². The highest BCUT2D eigenvalue weighted by atomic mass is 16.4. The Kier molecular flexibility index (Phi) is 3.74. The van der Waals surface area contributed by atoms with E-state index < -0.39 is 12.0 Å². The molecule has 1 aromatic carbocycles. The van der Waals surface area contributed by atoms with Gasteiger partial charge in [0.2, 0.25) is 0 Å². The fourth-order valence-electron chi connectivity index (χ4n) is 2.38. The number of benzene rings is 1. The Morgan fingerprint density at radius 2 is 2.05 bits per heavy atom. The van der Waals surface area contributed by atoms with Crippen LogP contribution in [0, 0.1) is 0 Å². The lowest BCUT2D eigenvalue weighted by Crippen LogP contribution is -2.49. The molecular weight excluding hydrogens is 244 g/mol. The zero-order valence-electron chi connectivity index (χ0n) is 11.1. The second-order valence-corrected chi connectivity index (χ2v) is 4.99. The number of hydrogen-bond acceptors (Lipinski definition) is 2. The smallest absolute Gasteiger partial charge is 0.331 e. The standard InChI is InChI=1S/C14H18N2O3/c1-9(2)15-14(19)16-8-7-10-5-3-4-6-11(10)12(16)13(17)18/h3-6,9,12H,7-8H2,1-2H3,(H,15,19)(H,17,18). The highest BCUT2D eigenvalue weighted by molar-refractivity contribution is 5.84. The van der Waals surface area contributed by atoms with Crippen molar-refractivity contribution < 1.29 is 14.7 Å². The summed E-state index contributed by atoms with van der Waals surface area (Å²) in [6.45, 7) is 4.13. The maximum atomic E-state index is 12.1. The Morgan fingerprint density at radius 1 is 1.37 bits per heavy atom. The molecule has 1 atom stereocenters. The van der Waals surface area contributed by atoms with E-state index >= 15 is 0 Å². The summed E-state index contributed by atoms with van der Waals surface area (Å²) < 4.78 is 0. The maximum Gasteiger partial charge on any atom is 0.331 e. The van der Waals surface area contributed by atoms with Crippen LogP contribution in [0.25, 0.3) is 0 Å². The van der Waals surface area contributed by atoms with Crippen LogP contribution >= 0.6 is 0 Å². The molecule has 0 bridgehead atoms. The first-order valence-electron chi connectivity index (χ1n) is 6.38. The van der Waals surface area contributed by atoms with Gasteiger partial charge in [-0.15, -0.1) is 0 Å². The van der Waals surface area contributed by atoms with E-state index in [1.165, 1.54) is 4.90 Å². The predicted octanol–water partition coefficient (Wildman–Crippen LogP) is 1.79. The van der Waals surface area contributed by atoms with Gasteiger partial charge in [0.25, 0.3) is 0 Å². The van der Waals surface area contributed by atoms with Crippen LogP contribution in [0.3, 0.4) is 0 Å². The van der Waals surface area contributed by atoms with Crippen LogP contribution in [0.4, 0.5) is 4.79 Å². The van der Waals surface area contributed by atoms with Crippen molar-refractivity contribution in [3.8, 4) is 0 Å². The first-order valence-corrected chi connectivity index (χ1v) is 6.38. The zero-order chi connectivity index (χ0) is 14.0. The summed E-state index contributed by atoms with van der Waals surface area (Å²) >= 11 is 0. The molecule has 1 heterocycles. The number of carboxylic acids is 1. The first kappa shape index (κ1) is 13.4. The maximum absolute atomic E-state index is 12.1. The Balaban J connectivity index is 2.32. The molecule has 102 valence electrons. The van der Waals surface area contributed by atoms with Gasteiger partial charge in [0.15, 0.2) is 6.04 Å². The number of aliphatic carboxylic acids is 1. The molecule has 0 aromatic heterocycles. The van der Waals surface area contributed by atoms with E-state index in [1.54, 1.807) is 12.1 Å². The van der Waals surface area contributed by atoms with Crippen molar-refractivity contribution in [2.24, 2.45) is 0 Å². The molecule has 0 saturated carbocycles. The van der Waals surface area contributed by atoms with Gasteiger partial charge in [-0.05, 0) is 31.4 Å². The lowest BCUT2D eigenvalue weighted by Gasteiger charge is -2.35. The van der Waals surface area contributed by atoms with Gasteiger partial charge in [0.1, 0.15) is 0 Å². The molecule has 2 amide bonds. The van der Waals surface area contributed by atoms with E-state index in [2.05, 4.69) is 5.32 Å². The van der Waals surface area contributed by atoms with Crippen molar-refractivity contribution in [2.75, 3.05) is 6.54 Å². The lowest BCUT2D eigenvalue weighted by molar-refractivity contribution is -0.142. The van der Waals surface area contributed by atoms with Crippen molar-refractivity contribution in [3.05, 3.63) is 35.4 Å². The number of fused-ring (bicyclic) bond motifs is 1. The number of nitrogens with zero attached hydrogens (tertiary/aromatic N) is 1. The summed E-state index contributed by atoms with van der Waals surface area (Å²) in [4.78, 5) is 25.0. The molecule has 0 spiro atoms. The van der Waals surface area contributed by atoms with Gasteiger partial charge in [-0.3, -0.25) is 0 Å². The molecule has 5 heteroatoms. The highest BCUT2D eigenvalue weighted by Crippen LogP contribution is 2.29. The largest absolute Gasteiger partial charge is 0.479 e. The van der Waals surface area contributed by atoms with Crippen molar-refractivity contribution in [1.29, 1.82) is 0 Å². The molecule has 1 unspecified atom stereocenters. The molecule has 1 aliphatic rings. The van der Waals surface area contributed by atoms with Crippen molar-refractivity contribution in [1.82, 2.24) is 10.2 Å². The van der Waals surface area contributed by atoms with Crippen molar-refractivity contribution >= 4 is 12.0 Å². The number of carboxylic acid groups (broad SMARTS) is 1. The molecule has 0 saturated heterocycles. The number of amides is 2. The molecule has 5 nitrogen and oxygen atoms in total. The van der Waals surface area contributed by atoms with Crippen molar-refractivity contribution in [3.63, 3.8) is 0 Å². The van der Waals surface area contributed by atoms with Crippen molar-refractivity contribution in [2.45, 2.75) is 32.4 Å². The Labute approximate surface area is 112 Å². The molecule has 1 aromatic rings. The molecular formula is C14H18N2O3. The highest BCUT2D eigenvalue weighted by Gasteiger charge is 2.35.